The number of aryl methyl sites for hydroxylation is 1. The van der Waals surface area contributed by atoms with Crippen molar-refractivity contribution in [3.05, 3.63) is 70.4 Å². The van der Waals surface area contributed by atoms with Crippen molar-refractivity contribution in [1.29, 1.82) is 0 Å². The van der Waals surface area contributed by atoms with Crippen LogP contribution in [0.4, 0.5) is 11.5 Å². The monoisotopic (exact) mass is 587 g/mol. The molecule has 0 bridgehead atoms. The van der Waals surface area contributed by atoms with E-state index in [2.05, 4.69) is 32.3 Å². The maximum Gasteiger partial charge on any atom is 0.226 e. The standard InChI is InChI=1S/C31H33N5O3S2/c1-35(2)11-12-36(17-19-7-5-4-6-8-19)31(38)20-9-10-22-26(14-20)41-30-28(22)29(32-18-33-30)34-23-16-25-21(13-24(23)39-3)15-27(37)40-25/h4-8,13,16,18,20H,9-12,14-15,17H2,1-3H3,(H,32,33,34). The fourth-order valence-corrected chi connectivity index (χ4v) is 7.79. The number of thioether (sulfide) groups is 1. The van der Waals surface area contributed by atoms with Crippen LogP contribution in [0.3, 0.4) is 0 Å². The van der Waals surface area contributed by atoms with E-state index in [0.29, 0.717) is 31.7 Å². The summed E-state index contributed by atoms with van der Waals surface area (Å²) < 4.78 is 5.66. The third-order valence-corrected chi connectivity index (χ3v) is 9.87. The van der Waals surface area contributed by atoms with Crippen LogP contribution in [0.15, 0.2) is 53.7 Å². The molecule has 0 spiro atoms. The van der Waals surface area contributed by atoms with Gasteiger partial charge in [0.1, 0.15) is 22.7 Å². The SMILES string of the molecule is COc1cc2c(cc1Nc1ncnc3sc4c(c13)CCC(C(=O)N(CCN(C)C)Cc1ccccc1)C4)SC(=O)C2. The normalized spacial score (nSPS) is 16.1. The number of hydrogen-bond donors (Lipinski definition) is 1. The Morgan fingerprint density at radius 1 is 1.15 bits per heavy atom. The molecule has 0 saturated carbocycles. The number of nitrogens with zero attached hydrogens (tertiary/aromatic N) is 4. The minimum absolute atomic E-state index is 0.0582. The average Bonchev–Trinajstić information content (AvgIpc) is 3.53. The molecule has 10 heteroatoms. The molecule has 6 rings (SSSR count). The number of benzene rings is 2. The Kier molecular flexibility index (Phi) is 7.96. The Morgan fingerprint density at radius 3 is 2.76 bits per heavy atom. The number of hydrogen-bond acceptors (Lipinski definition) is 9. The molecule has 41 heavy (non-hydrogen) atoms. The molecule has 2 aromatic heterocycles. The van der Waals surface area contributed by atoms with Crippen LogP contribution in [0.25, 0.3) is 10.2 Å². The van der Waals surface area contributed by atoms with E-state index in [1.807, 2.05) is 49.3 Å². The molecular formula is C31H33N5O3S2. The zero-order valence-electron chi connectivity index (χ0n) is 23.5. The van der Waals surface area contributed by atoms with Crippen molar-refractivity contribution < 1.29 is 14.3 Å². The molecule has 4 aromatic rings. The van der Waals surface area contributed by atoms with Gasteiger partial charge in [-0.05, 0) is 62.2 Å². The minimum Gasteiger partial charge on any atom is -0.495 e. The van der Waals surface area contributed by atoms with Crippen LogP contribution in [-0.4, -0.2) is 65.1 Å². The van der Waals surface area contributed by atoms with E-state index < -0.39 is 0 Å². The smallest absolute Gasteiger partial charge is 0.226 e. The third-order valence-electron chi connectivity index (χ3n) is 7.73. The number of rotatable bonds is 9. The lowest BCUT2D eigenvalue weighted by molar-refractivity contribution is -0.136. The largest absolute Gasteiger partial charge is 0.495 e. The van der Waals surface area contributed by atoms with Crippen LogP contribution in [-0.2, 0) is 35.4 Å². The fourth-order valence-electron chi connectivity index (χ4n) is 5.61. The number of carbonyl (C=O) groups is 2. The van der Waals surface area contributed by atoms with Gasteiger partial charge < -0.3 is 19.9 Å². The highest BCUT2D eigenvalue weighted by atomic mass is 32.2. The maximum atomic E-state index is 13.9. The Hall–Kier alpha value is -3.47. The third kappa shape index (κ3) is 5.82. The van der Waals surface area contributed by atoms with Crippen molar-refractivity contribution in [3.63, 3.8) is 0 Å². The Labute approximate surface area is 248 Å². The summed E-state index contributed by atoms with van der Waals surface area (Å²) in [6.07, 6.45) is 4.30. The summed E-state index contributed by atoms with van der Waals surface area (Å²) >= 11 is 2.93. The number of carbonyl (C=O) groups excluding carboxylic acids is 2. The Morgan fingerprint density at radius 2 is 1.98 bits per heavy atom. The number of ether oxygens (including phenoxy) is 1. The number of thiophene rings is 1. The predicted octanol–water partition coefficient (Wildman–Crippen LogP) is 5.31. The van der Waals surface area contributed by atoms with E-state index in [1.165, 1.54) is 22.2 Å². The quantitative estimate of drug-likeness (QED) is 0.282. The summed E-state index contributed by atoms with van der Waals surface area (Å²) in [6, 6.07) is 14.1. The molecule has 1 unspecified atom stereocenters. The number of anilines is 2. The first-order chi connectivity index (χ1) is 19.9. The number of aromatic nitrogens is 2. The average molecular weight is 588 g/mol. The fraction of sp³-hybridized carbons (Fsp3) is 0.355. The number of amides is 1. The number of likely N-dealkylation sites (N-methyl/N-ethyl adjacent to an activating group) is 1. The van der Waals surface area contributed by atoms with Crippen molar-refractivity contribution in [2.45, 2.75) is 37.1 Å². The van der Waals surface area contributed by atoms with E-state index in [0.717, 1.165) is 57.1 Å². The van der Waals surface area contributed by atoms with E-state index in [1.54, 1.807) is 24.8 Å². The number of fused-ring (bicyclic) bond motifs is 4. The van der Waals surface area contributed by atoms with Crippen LogP contribution in [0, 0.1) is 5.92 Å². The van der Waals surface area contributed by atoms with Crippen molar-refractivity contribution in [3.8, 4) is 5.75 Å². The second-order valence-corrected chi connectivity index (χ2v) is 13.0. The molecular weight excluding hydrogens is 555 g/mol. The molecule has 1 aliphatic heterocycles. The molecule has 2 aromatic carbocycles. The summed E-state index contributed by atoms with van der Waals surface area (Å²) in [4.78, 5) is 42.3. The van der Waals surface area contributed by atoms with Crippen LogP contribution in [0.1, 0.15) is 28.0 Å². The van der Waals surface area contributed by atoms with Crippen LogP contribution >= 0.6 is 23.1 Å². The summed E-state index contributed by atoms with van der Waals surface area (Å²) in [7, 11) is 5.72. The first-order valence-electron chi connectivity index (χ1n) is 13.8. The van der Waals surface area contributed by atoms with Gasteiger partial charge in [-0.1, -0.05) is 42.1 Å². The van der Waals surface area contributed by atoms with Crippen LogP contribution in [0.5, 0.6) is 5.75 Å². The lowest BCUT2D eigenvalue weighted by Crippen LogP contribution is -2.41. The maximum absolute atomic E-state index is 13.9. The Bertz CT molecular complexity index is 1600. The summed E-state index contributed by atoms with van der Waals surface area (Å²) in [5.74, 6) is 1.56. The molecule has 212 valence electrons. The van der Waals surface area contributed by atoms with Gasteiger partial charge in [0.2, 0.25) is 5.91 Å². The van der Waals surface area contributed by atoms with Gasteiger partial charge in [-0.2, -0.15) is 0 Å². The van der Waals surface area contributed by atoms with Gasteiger partial charge in [-0.15, -0.1) is 11.3 Å². The second kappa shape index (κ2) is 11.8. The van der Waals surface area contributed by atoms with Gasteiger partial charge in [0.05, 0.1) is 18.2 Å². The van der Waals surface area contributed by atoms with Gasteiger partial charge in [-0.25, -0.2) is 9.97 Å². The van der Waals surface area contributed by atoms with Gasteiger partial charge in [0.15, 0.2) is 5.12 Å². The van der Waals surface area contributed by atoms with Crippen molar-refractivity contribution in [1.82, 2.24) is 19.8 Å². The van der Waals surface area contributed by atoms with Crippen molar-refractivity contribution in [2.24, 2.45) is 5.92 Å². The van der Waals surface area contributed by atoms with Gasteiger partial charge in [0.25, 0.3) is 0 Å². The van der Waals surface area contributed by atoms with E-state index in [4.69, 9.17) is 4.74 Å². The molecule has 0 radical (unpaired) electrons. The number of methoxy groups -OCH3 is 1. The lowest BCUT2D eigenvalue weighted by Gasteiger charge is -2.30. The highest BCUT2D eigenvalue weighted by Gasteiger charge is 2.32. The second-order valence-electron chi connectivity index (χ2n) is 10.8. The first-order valence-corrected chi connectivity index (χ1v) is 15.4. The highest BCUT2D eigenvalue weighted by molar-refractivity contribution is 8.14. The summed E-state index contributed by atoms with van der Waals surface area (Å²) in [5.41, 5.74) is 4.14. The lowest BCUT2D eigenvalue weighted by atomic mass is 9.86. The van der Waals surface area contributed by atoms with Crippen LogP contribution < -0.4 is 10.1 Å². The van der Waals surface area contributed by atoms with Crippen molar-refractivity contribution >= 4 is 55.8 Å². The van der Waals surface area contributed by atoms with Crippen LogP contribution in [0.2, 0.25) is 0 Å². The molecule has 3 heterocycles. The molecule has 8 nitrogen and oxygen atoms in total. The molecule has 0 fully saturated rings. The Balaban J connectivity index is 1.26. The predicted molar refractivity (Wildman–Crippen MR) is 164 cm³/mol. The van der Waals surface area contributed by atoms with E-state index in [-0.39, 0.29) is 16.9 Å². The van der Waals surface area contributed by atoms with Gasteiger partial charge >= 0.3 is 0 Å². The zero-order chi connectivity index (χ0) is 28.5. The molecule has 1 amide bonds. The topological polar surface area (TPSA) is 87.7 Å². The van der Waals surface area contributed by atoms with Gasteiger partial charge in [-0.3, -0.25) is 9.59 Å². The van der Waals surface area contributed by atoms with Gasteiger partial charge in [0, 0.05) is 41.7 Å². The molecule has 1 aliphatic carbocycles. The summed E-state index contributed by atoms with van der Waals surface area (Å²) in [5, 5.41) is 4.63. The first kappa shape index (κ1) is 27.7. The van der Waals surface area contributed by atoms with E-state index >= 15 is 0 Å². The number of nitrogens with one attached hydrogen (secondary N) is 1. The zero-order valence-corrected chi connectivity index (χ0v) is 25.1. The van der Waals surface area contributed by atoms with Crippen molar-refractivity contribution in [2.75, 3.05) is 39.6 Å². The highest BCUT2D eigenvalue weighted by Crippen LogP contribution is 2.44. The van der Waals surface area contributed by atoms with E-state index in [9.17, 15) is 9.59 Å². The summed E-state index contributed by atoms with van der Waals surface area (Å²) in [6.45, 7) is 2.14. The molecule has 2 aliphatic rings. The minimum atomic E-state index is -0.0582. The molecule has 0 saturated heterocycles. The molecule has 1 atom stereocenters. The molecule has 1 N–H and O–H groups in total.